The van der Waals surface area contributed by atoms with Gasteiger partial charge in [-0.2, -0.15) is 0 Å². The molecule has 19 heavy (non-hydrogen) atoms. The maximum atomic E-state index is 10.9. The Morgan fingerprint density at radius 3 is 3.05 bits per heavy atom. The second-order valence-corrected chi connectivity index (χ2v) is 4.06. The van der Waals surface area contributed by atoms with Crippen LogP contribution in [0.4, 0.5) is 0 Å². The third-order valence-corrected chi connectivity index (χ3v) is 2.75. The van der Waals surface area contributed by atoms with Gasteiger partial charge in [-0.3, -0.25) is 4.98 Å². The van der Waals surface area contributed by atoms with Crippen molar-refractivity contribution < 1.29 is 19.4 Å². The number of carbonyl (C=O) groups is 1. The highest BCUT2D eigenvalue weighted by Gasteiger charge is 2.29. The number of carboxylic acid groups (broad SMARTS) is 1. The van der Waals surface area contributed by atoms with E-state index < -0.39 is 12.1 Å². The molecule has 0 saturated carbocycles. The molecule has 0 fully saturated rings. The lowest BCUT2D eigenvalue weighted by atomic mass is 10.1. The molecule has 0 spiro atoms. The molecular formula is C13H10N2O4. The van der Waals surface area contributed by atoms with E-state index in [-0.39, 0.29) is 0 Å². The van der Waals surface area contributed by atoms with E-state index in [0.29, 0.717) is 23.8 Å². The first-order valence-corrected chi connectivity index (χ1v) is 5.68. The smallest absolute Gasteiger partial charge is 0.345 e. The number of fused-ring (bicyclic) bond motifs is 1. The third kappa shape index (κ3) is 2.33. The monoisotopic (exact) mass is 258 g/mol. The molecule has 1 aromatic carbocycles. The maximum absolute atomic E-state index is 10.9. The highest BCUT2D eigenvalue weighted by atomic mass is 16.5. The summed E-state index contributed by atoms with van der Waals surface area (Å²) in [7, 11) is 0. The van der Waals surface area contributed by atoms with E-state index in [9.17, 15) is 4.79 Å². The number of aliphatic carboxylic acids is 1. The van der Waals surface area contributed by atoms with Crippen LogP contribution in [-0.2, 0) is 11.2 Å². The molecule has 3 rings (SSSR count). The quantitative estimate of drug-likeness (QED) is 0.901. The van der Waals surface area contributed by atoms with E-state index >= 15 is 0 Å². The van der Waals surface area contributed by atoms with Crippen molar-refractivity contribution in [3.8, 4) is 17.4 Å². The van der Waals surface area contributed by atoms with E-state index in [0.717, 1.165) is 5.56 Å². The molecule has 1 N–H and O–H groups in total. The summed E-state index contributed by atoms with van der Waals surface area (Å²) >= 11 is 0. The summed E-state index contributed by atoms with van der Waals surface area (Å²) < 4.78 is 10.8. The van der Waals surface area contributed by atoms with Crippen molar-refractivity contribution in [3.63, 3.8) is 0 Å². The van der Waals surface area contributed by atoms with Gasteiger partial charge >= 0.3 is 5.97 Å². The summed E-state index contributed by atoms with van der Waals surface area (Å²) in [5.74, 6) is 0.474. The fraction of sp³-hybridized carbons (Fsp3) is 0.154. The summed E-state index contributed by atoms with van der Waals surface area (Å²) in [5.41, 5.74) is 0.860. The highest BCUT2D eigenvalue weighted by Crippen LogP contribution is 2.33. The Morgan fingerprint density at radius 2 is 2.32 bits per heavy atom. The van der Waals surface area contributed by atoms with Gasteiger partial charge in [0.1, 0.15) is 11.5 Å². The normalized spacial score (nSPS) is 16.5. The minimum absolute atomic E-state index is 0.371. The van der Waals surface area contributed by atoms with Crippen LogP contribution in [0.5, 0.6) is 17.4 Å². The molecule has 1 aromatic heterocycles. The van der Waals surface area contributed by atoms with Crippen LogP contribution in [0.15, 0.2) is 36.8 Å². The average molecular weight is 258 g/mol. The number of hydrogen-bond acceptors (Lipinski definition) is 5. The average Bonchev–Trinajstić information content (AvgIpc) is 2.83. The molecule has 0 radical (unpaired) electrons. The van der Waals surface area contributed by atoms with Crippen molar-refractivity contribution in [3.05, 3.63) is 42.4 Å². The van der Waals surface area contributed by atoms with Crippen LogP contribution in [0.25, 0.3) is 0 Å². The third-order valence-electron chi connectivity index (χ3n) is 2.75. The van der Waals surface area contributed by atoms with Gasteiger partial charge < -0.3 is 14.6 Å². The van der Waals surface area contributed by atoms with Crippen molar-refractivity contribution in [2.24, 2.45) is 0 Å². The van der Waals surface area contributed by atoms with Crippen molar-refractivity contribution in [2.45, 2.75) is 12.5 Å². The van der Waals surface area contributed by atoms with Gasteiger partial charge in [0.25, 0.3) is 0 Å². The van der Waals surface area contributed by atoms with E-state index in [2.05, 4.69) is 9.97 Å². The molecule has 1 aliphatic rings. The molecule has 2 heterocycles. The van der Waals surface area contributed by atoms with Crippen LogP contribution >= 0.6 is 0 Å². The summed E-state index contributed by atoms with van der Waals surface area (Å²) in [6.07, 6.45) is 4.13. The predicted molar refractivity (Wildman–Crippen MR) is 64.3 cm³/mol. The zero-order valence-corrected chi connectivity index (χ0v) is 9.81. The molecule has 6 nitrogen and oxygen atoms in total. The Bertz CT molecular complexity index is 615. The van der Waals surface area contributed by atoms with Crippen molar-refractivity contribution in [1.29, 1.82) is 0 Å². The number of benzene rings is 1. The van der Waals surface area contributed by atoms with Gasteiger partial charge in [-0.25, -0.2) is 9.78 Å². The highest BCUT2D eigenvalue weighted by molar-refractivity contribution is 5.74. The number of hydrogen-bond donors (Lipinski definition) is 1. The summed E-state index contributed by atoms with van der Waals surface area (Å²) in [5, 5.41) is 8.92. The molecule has 6 heteroatoms. The Kier molecular flexibility index (Phi) is 2.75. The van der Waals surface area contributed by atoms with E-state index in [4.69, 9.17) is 14.6 Å². The van der Waals surface area contributed by atoms with Gasteiger partial charge in [0.05, 0.1) is 6.20 Å². The Balaban J connectivity index is 1.80. The molecular weight excluding hydrogens is 248 g/mol. The van der Waals surface area contributed by atoms with Crippen LogP contribution in [-0.4, -0.2) is 27.1 Å². The molecule has 2 aromatic rings. The van der Waals surface area contributed by atoms with Crippen LogP contribution in [0, 0.1) is 0 Å². The maximum Gasteiger partial charge on any atom is 0.345 e. The fourth-order valence-electron chi connectivity index (χ4n) is 1.87. The molecule has 96 valence electrons. The molecule has 0 saturated heterocycles. The van der Waals surface area contributed by atoms with Crippen molar-refractivity contribution in [1.82, 2.24) is 9.97 Å². The Morgan fingerprint density at radius 1 is 1.42 bits per heavy atom. The molecule has 1 aliphatic heterocycles. The SMILES string of the molecule is O=C(O)C1Cc2ccc(Oc3cnccn3)cc2O1. The van der Waals surface area contributed by atoms with Gasteiger partial charge in [0, 0.05) is 24.9 Å². The van der Waals surface area contributed by atoms with Gasteiger partial charge in [0.2, 0.25) is 5.88 Å². The Hall–Kier alpha value is -2.63. The minimum atomic E-state index is -0.965. The van der Waals surface area contributed by atoms with Crippen LogP contribution in [0.1, 0.15) is 5.56 Å². The van der Waals surface area contributed by atoms with Gasteiger partial charge in [-0.15, -0.1) is 0 Å². The molecule has 0 amide bonds. The minimum Gasteiger partial charge on any atom is -0.478 e. The zero-order valence-electron chi connectivity index (χ0n) is 9.81. The van der Waals surface area contributed by atoms with E-state index in [1.54, 1.807) is 24.4 Å². The number of rotatable bonds is 3. The second-order valence-electron chi connectivity index (χ2n) is 4.06. The summed E-state index contributed by atoms with van der Waals surface area (Å²) in [6.45, 7) is 0. The predicted octanol–water partition coefficient (Wildman–Crippen LogP) is 1.66. The lowest BCUT2D eigenvalue weighted by Crippen LogP contribution is -2.24. The largest absolute Gasteiger partial charge is 0.478 e. The number of ether oxygens (including phenoxy) is 2. The zero-order chi connectivity index (χ0) is 13.2. The number of aromatic nitrogens is 2. The lowest BCUT2D eigenvalue weighted by Gasteiger charge is -2.06. The first-order chi connectivity index (χ1) is 9.22. The number of nitrogens with zero attached hydrogens (tertiary/aromatic N) is 2. The van der Waals surface area contributed by atoms with Gasteiger partial charge in [-0.05, 0) is 11.6 Å². The first-order valence-electron chi connectivity index (χ1n) is 5.68. The van der Waals surface area contributed by atoms with Crippen LogP contribution < -0.4 is 9.47 Å². The van der Waals surface area contributed by atoms with E-state index in [1.165, 1.54) is 12.4 Å². The van der Waals surface area contributed by atoms with Crippen molar-refractivity contribution >= 4 is 5.97 Å². The summed E-state index contributed by atoms with van der Waals surface area (Å²) in [6, 6.07) is 5.21. The van der Waals surface area contributed by atoms with Gasteiger partial charge in [0.15, 0.2) is 6.10 Å². The molecule has 0 aliphatic carbocycles. The summed E-state index contributed by atoms with van der Waals surface area (Å²) in [4.78, 5) is 18.8. The standard InChI is InChI=1S/C13H10N2O4/c16-13(17)11-5-8-1-2-9(6-10(8)19-11)18-12-7-14-3-4-15-12/h1-4,6-7,11H,5H2,(H,16,17). The second kappa shape index (κ2) is 4.56. The Labute approximate surface area is 108 Å². The van der Waals surface area contributed by atoms with E-state index in [1.807, 2.05) is 0 Å². The lowest BCUT2D eigenvalue weighted by molar-refractivity contribution is -0.144. The molecule has 1 unspecified atom stereocenters. The topological polar surface area (TPSA) is 81.5 Å². The molecule has 0 bridgehead atoms. The number of carboxylic acids is 1. The molecule has 1 atom stereocenters. The first kappa shape index (κ1) is 11.5. The van der Waals surface area contributed by atoms with Crippen LogP contribution in [0.2, 0.25) is 0 Å². The van der Waals surface area contributed by atoms with Crippen LogP contribution in [0.3, 0.4) is 0 Å². The van der Waals surface area contributed by atoms with Crippen molar-refractivity contribution in [2.75, 3.05) is 0 Å². The van der Waals surface area contributed by atoms with Gasteiger partial charge in [-0.1, -0.05) is 6.07 Å². The fourth-order valence-corrected chi connectivity index (χ4v) is 1.87.